The van der Waals surface area contributed by atoms with Crippen molar-refractivity contribution in [2.75, 3.05) is 0 Å². The lowest BCUT2D eigenvalue weighted by molar-refractivity contribution is -0.400. The summed E-state index contributed by atoms with van der Waals surface area (Å²) in [5, 5.41) is 20.9. The van der Waals surface area contributed by atoms with Crippen molar-refractivity contribution >= 4 is 16.7 Å². The molecule has 0 aliphatic carbocycles. The maximum absolute atomic E-state index is 9.84. The third kappa shape index (κ3) is 3.10. The summed E-state index contributed by atoms with van der Waals surface area (Å²) in [5.74, 6) is 1.10. The van der Waals surface area contributed by atoms with Crippen molar-refractivity contribution in [3.63, 3.8) is 0 Å². The molecule has 0 radical (unpaired) electrons. The van der Waals surface area contributed by atoms with Gasteiger partial charge in [-0.15, -0.1) is 0 Å². The maximum atomic E-state index is 9.84. The summed E-state index contributed by atoms with van der Waals surface area (Å²) in [6, 6.07) is 23.6. The van der Waals surface area contributed by atoms with Gasteiger partial charge in [-0.05, 0) is 30.3 Å². The molecule has 0 saturated carbocycles. The standard InChI is InChI=1S/C21H15NO3/c23-16-8-6-15(7-9-16)22-19-13-21(14-4-2-1-3-5-14)25-20-11-10-17(24)12-18(19)20/h1-13,23-24H/p+1. The van der Waals surface area contributed by atoms with Gasteiger partial charge in [0.15, 0.2) is 0 Å². The summed E-state index contributed by atoms with van der Waals surface area (Å²) in [4.78, 5) is 3.33. The fourth-order valence-electron chi connectivity index (χ4n) is 2.72. The van der Waals surface area contributed by atoms with Crippen LogP contribution in [0, 0.1) is 0 Å². The molecule has 25 heavy (non-hydrogen) atoms. The number of phenols is 2. The Morgan fingerprint density at radius 3 is 2.20 bits per heavy atom. The van der Waals surface area contributed by atoms with Gasteiger partial charge in [0.1, 0.15) is 22.8 Å². The lowest BCUT2D eigenvalue weighted by atomic mass is 10.1. The molecule has 0 aliphatic heterocycles. The van der Waals surface area contributed by atoms with Gasteiger partial charge < -0.3 is 14.6 Å². The Hall–Kier alpha value is -3.53. The molecule has 0 spiro atoms. The Balaban J connectivity index is 2.00. The molecule has 3 N–H and O–H groups in total. The summed E-state index contributed by atoms with van der Waals surface area (Å²) < 4.78 is 6.01. The van der Waals surface area contributed by atoms with Crippen LogP contribution in [0.15, 0.2) is 83.3 Å². The van der Waals surface area contributed by atoms with Gasteiger partial charge in [0, 0.05) is 17.7 Å². The van der Waals surface area contributed by atoms with E-state index in [9.17, 15) is 10.2 Å². The van der Waals surface area contributed by atoms with Crippen LogP contribution in [-0.4, -0.2) is 10.2 Å². The molecule has 0 amide bonds. The quantitative estimate of drug-likeness (QED) is 0.495. The summed E-state index contributed by atoms with van der Waals surface area (Å²) in [6.07, 6.45) is 0. The van der Waals surface area contributed by atoms with Gasteiger partial charge in [0.25, 0.3) is 0 Å². The van der Waals surface area contributed by atoms with Gasteiger partial charge in [-0.1, -0.05) is 30.3 Å². The van der Waals surface area contributed by atoms with E-state index < -0.39 is 0 Å². The monoisotopic (exact) mass is 330 g/mol. The number of benzene rings is 3. The minimum absolute atomic E-state index is 0.170. The molecule has 4 rings (SSSR count). The van der Waals surface area contributed by atoms with E-state index in [-0.39, 0.29) is 11.5 Å². The minimum Gasteiger partial charge on any atom is -0.508 e. The van der Waals surface area contributed by atoms with Crippen LogP contribution in [0.2, 0.25) is 0 Å². The highest BCUT2D eigenvalue weighted by Crippen LogP contribution is 2.23. The number of aromatic hydroxyl groups is 2. The van der Waals surface area contributed by atoms with Crippen LogP contribution in [0.25, 0.3) is 22.3 Å². The number of nitrogens with one attached hydrogen (secondary N) is 1. The van der Waals surface area contributed by atoms with Gasteiger partial charge in [-0.2, -0.15) is 0 Å². The Kier molecular flexibility index (Phi) is 3.71. The zero-order valence-electron chi connectivity index (χ0n) is 13.3. The van der Waals surface area contributed by atoms with E-state index in [4.69, 9.17) is 4.42 Å². The fraction of sp³-hybridized carbons (Fsp3) is 0. The number of hydrogen-bond acceptors (Lipinski definition) is 3. The third-order valence-electron chi connectivity index (χ3n) is 3.95. The van der Waals surface area contributed by atoms with Crippen molar-refractivity contribution in [1.82, 2.24) is 0 Å². The first kappa shape index (κ1) is 15.0. The average molecular weight is 330 g/mol. The Morgan fingerprint density at radius 1 is 0.720 bits per heavy atom. The van der Waals surface area contributed by atoms with Gasteiger partial charge >= 0.3 is 0 Å². The predicted molar refractivity (Wildman–Crippen MR) is 95.2 cm³/mol. The molecule has 0 saturated heterocycles. The highest BCUT2D eigenvalue weighted by atomic mass is 16.3. The SMILES string of the molecule is Oc1ccc([NH+]=c2cc(-c3ccccc3)oc3ccc(O)cc23)cc1. The van der Waals surface area contributed by atoms with Crippen LogP contribution < -0.4 is 10.3 Å². The molecule has 0 atom stereocenters. The molecule has 0 aliphatic rings. The summed E-state index contributed by atoms with van der Waals surface area (Å²) >= 11 is 0. The van der Waals surface area contributed by atoms with E-state index in [2.05, 4.69) is 4.99 Å². The van der Waals surface area contributed by atoms with Crippen molar-refractivity contribution in [3.05, 3.63) is 84.2 Å². The van der Waals surface area contributed by atoms with Crippen LogP contribution in [0.1, 0.15) is 0 Å². The lowest BCUT2D eigenvalue weighted by Crippen LogP contribution is -2.70. The molecule has 1 heterocycles. The highest BCUT2D eigenvalue weighted by molar-refractivity contribution is 5.79. The molecule has 1 aromatic heterocycles. The van der Waals surface area contributed by atoms with Crippen molar-refractivity contribution in [2.45, 2.75) is 0 Å². The van der Waals surface area contributed by atoms with Crippen molar-refractivity contribution < 1.29 is 19.6 Å². The molecule has 4 heteroatoms. The molecular weight excluding hydrogens is 314 g/mol. The minimum atomic E-state index is 0.170. The second-order valence-electron chi connectivity index (χ2n) is 5.74. The maximum Gasteiger partial charge on any atom is 0.218 e. The molecule has 122 valence electrons. The Bertz CT molecular complexity index is 1100. The molecule has 0 unspecified atom stereocenters. The zero-order chi connectivity index (χ0) is 17.2. The topological polar surface area (TPSA) is 67.6 Å². The second kappa shape index (κ2) is 6.17. The average Bonchev–Trinajstić information content (AvgIpc) is 2.64. The van der Waals surface area contributed by atoms with E-state index in [1.165, 1.54) is 0 Å². The van der Waals surface area contributed by atoms with Crippen LogP contribution in [-0.2, 0) is 0 Å². The van der Waals surface area contributed by atoms with Crippen LogP contribution in [0.3, 0.4) is 0 Å². The highest BCUT2D eigenvalue weighted by Gasteiger charge is 2.10. The predicted octanol–water partition coefficient (Wildman–Crippen LogP) is 2.82. The molecule has 0 bridgehead atoms. The molecule has 0 fully saturated rings. The lowest BCUT2D eigenvalue weighted by Gasteiger charge is -2.03. The first-order valence-electron chi connectivity index (χ1n) is 7.90. The molecule has 3 aromatic carbocycles. The number of phenolic OH excluding ortho intramolecular Hbond substituents is 2. The van der Waals surface area contributed by atoms with E-state index in [0.29, 0.717) is 5.58 Å². The number of rotatable bonds is 2. The molecule has 4 aromatic rings. The molecule has 4 nitrogen and oxygen atoms in total. The smallest absolute Gasteiger partial charge is 0.218 e. The number of fused-ring (bicyclic) bond motifs is 1. The van der Waals surface area contributed by atoms with E-state index >= 15 is 0 Å². The summed E-state index contributed by atoms with van der Waals surface area (Å²) in [7, 11) is 0. The largest absolute Gasteiger partial charge is 0.508 e. The normalized spacial score (nSPS) is 11.8. The van der Waals surface area contributed by atoms with Crippen molar-refractivity contribution in [3.8, 4) is 22.8 Å². The van der Waals surface area contributed by atoms with Crippen LogP contribution in [0.5, 0.6) is 11.5 Å². The van der Waals surface area contributed by atoms with Crippen molar-refractivity contribution in [2.24, 2.45) is 0 Å². The van der Waals surface area contributed by atoms with Crippen LogP contribution in [0.4, 0.5) is 5.69 Å². The van der Waals surface area contributed by atoms with E-state index in [0.717, 1.165) is 27.8 Å². The first-order chi connectivity index (χ1) is 12.2. The van der Waals surface area contributed by atoms with Gasteiger partial charge in [-0.3, -0.25) is 0 Å². The molecular formula is C21H16NO3+. The summed E-state index contributed by atoms with van der Waals surface area (Å²) in [5.41, 5.74) is 2.46. The van der Waals surface area contributed by atoms with Gasteiger partial charge in [-0.25, -0.2) is 4.99 Å². The second-order valence-corrected chi connectivity index (χ2v) is 5.74. The van der Waals surface area contributed by atoms with Crippen LogP contribution >= 0.6 is 0 Å². The summed E-state index contributed by atoms with van der Waals surface area (Å²) in [6.45, 7) is 0. The first-order valence-corrected chi connectivity index (χ1v) is 7.90. The fourth-order valence-corrected chi connectivity index (χ4v) is 2.72. The van der Waals surface area contributed by atoms with E-state index in [1.807, 2.05) is 36.4 Å². The Morgan fingerprint density at radius 2 is 1.44 bits per heavy atom. The number of hydrogen-bond donors (Lipinski definition) is 3. The van der Waals surface area contributed by atoms with Gasteiger partial charge in [0.05, 0.1) is 11.5 Å². The Labute approximate surface area is 144 Å². The van der Waals surface area contributed by atoms with Crippen molar-refractivity contribution in [1.29, 1.82) is 0 Å². The third-order valence-corrected chi connectivity index (χ3v) is 3.95. The van der Waals surface area contributed by atoms with Gasteiger partial charge in [0.2, 0.25) is 11.0 Å². The van der Waals surface area contributed by atoms with E-state index in [1.54, 1.807) is 42.5 Å². The zero-order valence-corrected chi connectivity index (χ0v) is 13.3.